The number of anilines is 2. The number of hydrogen-bond donors (Lipinski definition) is 3. The molecule has 0 spiro atoms. The van der Waals surface area contributed by atoms with Gasteiger partial charge in [0.05, 0.1) is 25.5 Å². The summed E-state index contributed by atoms with van der Waals surface area (Å²) in [4.78, 5) is 40.7. The minimum atomic E-state index is -4.65. The average molecular weight is 712 g/mol. The zero-order valence-electron chi connectivity index (χ0n) is 27.4. The van der Waals surface area contributed by atoms with Crippen LogP contribution in [0.3, 0.4) is 0 Å². The van der Waals surface area contributed by atoms with Gasteiger partial charge in [0.2, 0.25) is 5.91 Å². The van der Waals surface area contributed by atoms with E-state index >= 15 is 0 Å². The topological polar surface area (TPSA) is 106 Å². The fourth-order valence-corrected chi connectivity index (χ4v) is 5.97. The molecule has 5 rings (SSSR count). The predicted octanol–water partition coefficient (Wildman–Crippen LogP) is 8.60. The molecule has 51 heavy (non-hydrogen) atoms. The van der Waals surface area contributed by atoms with E-state index in [1.165, 1.54) is 38.5 Å². The molecule has 1 atom stereocenters. The molecule has 3 amide bonds. The zero-order chi connectivity index (χ0) is 36.4. The number of alkyl halides is 3. The quantitative estimate of drug-likeness (QED) is 0.0885. The van der Waals surface area contributed by atoms with Crippen LogP contribution < -0.4 is 25.4 Å². The number of carbonyl (C=O) groups excluding carboxylic acids is 3. The number of hydrogen-bond acceptors (Lipinski definition) is 6. The lowest BCUT2D eigenvalue weighted by atomic mass is 10.1. The van der Waals surface area contributed by atoms with Gasteiger partial charge in [0, 0.05) is 16.1 Å². The first-order valence-corrected chi connectivity index (χ1v) is 16.3. The molecule has 0 aliphatic carbocycles. The van der Waals surface area contributed by atoms with Crippen LogP contribution in [0, 0.1) is 0 Å². The fraction of sp³-hybridized carbons (Fsp3) is 0.103. The van der Waals surface area contributed by atoms with E-state index in [-0.39, 0.29) is 11.4 Å². The summed E-state index contributed by atoms with van der Waals surface area (Å²) in [5, 5.41) is 7.02. The lowest BCUT2D eigenvalue weighted by Gasteiger charge is -2.19. The second-order valence-electron chi connectivity index (χ2n) is 10.9. The number of methoxy groups -OCH3 is 2. The van der Waals surface area contributed by atoms with Crippen LogP contribution in [0.1, 0.15) is 32.3 Å². The van der Waals surface area contributed by atoms with Gasteiger partial charge < -0.3 is 25.4 Å². The SMILES string of the molecule is COc1ccc(/C=C(\NC(=O)c2ccccc2)C(=O)Nc2ccc(SC(C(=O)Nc3ccccc3C(F)(F)F)c3ccccc3)cc2)cc1OC. The van der Waals surface area contributed by atoms with E-state index in [9.17, 15) is 27.6 Å². The van der Waals surface area contributed by atoms with E-state index in [2.05, 4.69) is 16.0 Å². The van der Waals surface area contributed by atoms with Crippen molar-refractivity contribution in [1.29, 1.82) is 0 Å². The van der Waals surface area contributed by atoms with Crippen molar-refractivity contribution in [2.75, 3.05) is 24.9 Å². The van der Waals surface area contributed by atoms with E-state index in [4.69, 9.17) is 9.47 Å². The summed E-state index contributed by atoms with van der Waals surface area (Å²) in [6.45, 7) is 0. The number of nitrogens with one attached hydrogen (secondary N) is 3. The summed E-state index contributed by atoms with van der Waals surface area (Å²) < 4.78 is 51.6. The first-order chi connectivity index (χ1) is 24.5. The molecule has 8 nitrogen and oxygen atoms in total. The van der Waals surface area contributed by atoms with Crippen LogP contribution in [0.25, 0.3) is 6.08 Å². The minimum Gasteiger partial charge on any atom is -0.493 e. The molecular formula is C39H32F3N3O5S. The maximum Gasteiger partial charge on any atom is 0.418 e. The number of ether oxygens (including phenoxy) is 2. The van der Waals surface area contributed by atoms with Gasteiger partial charge in [-0.15, -0.1) is 11.8 Å². The number of carbonyl (C=O) groups is 3. The fourth-order valence-electron chi connectivity index (χ4n) is 4.94. The summed E-state index contributed by atoms with van der Waals surface area (Å²) in [5.41, 5.74) is 0.539. The lowest BCUT2D eigenvalue weighted by molar-refractivity contribution is -0.137. The Morgan fingerprint density at radius 3 is 2.00 bits per heavy atom. The van der Waals surface area contributed by atoms with Crippen molar-refractivity contribution in [1.82, 2.24) is 5.32 Å². The number of benzene rings is 5. The molecule has 0 bridgehead atoms. The number of thioether (sulfide) groups is 1. The van der Waals surface area contributed by atoms with Gasteiger partial charge in [-0.25, -0.2) is 0 Å². The monoisotopic (exact) mass is 711 g/mol. The highest BCUT2D eigenvalue weighted by Crippen LogP contribution is 2.39. The van der Waals surface area contributed by atoms with Crippen LogP contribution in [0.15, 0.2) is 138 Å². The molecule has 0 aliphatic rings. The summed E-state index contributed by atoms with van der Waals surface area (Å²) >= 11 is 1.13. The van der Waals surface area contributed by atoms with Crippen molar-refractivity contribution >= 4 is 46.9 Å². The second-order valence-corrected chi connectivity index (χ2v) is 12.1. The number of halogens is 3. The van der Waals surface area contributed by atoms with Crippen molar-refractivity contribution in [2.45, 2.75) is 16.3 Å². The van der Waals surface area contributed by atoms with Crippen molar-refractivity contribution < 1.29 is 37.0 Å². The molecule has 0 aromatic heterocycles. The predicted molar refractivity (Wildman–Crippen MR) is 192 cm³/mol. The van der Waals surface area contributed by atoms with E-state index in [1.807, 2.05) is 0 Å². The first-order valence-electron chi connectivity index (χ1n) is 15.5. The normalized spacial score (nSPS) is 12.0. The van der Waals surface area contributed by atoms with Crippen LogP contribution in [0.4, 0.5) is 24.5 Å². The number of para-hydroxylation sites is 1. The summed E-state index contributed by atoms with van der Waals surface area (Å²) in [6, 6.07) is 33.5. The molecule has 5 aromatic rings. The van der Waals surface area contributed by atoms with Crippen LogP contribution in [0.2, 0.25) is 0 Å². The Hall–Kier alpha value is -6.01. The summed E-state index contributed by atoms with van der Waals surface area (Å²) in [5.74, 6) is -0.823. The van der Waals surface area contributed by atoms with Gasteiger partial charge in [0.1, 0.15) is 10.9 Å². The largest absolute Gasteiger partial charge is 0.493 e. The van der Waals surface area contributed by atoms with E-state index in [0.29, 0.717) is 38.8 Å². The van der Waals surface area contributed by atoms with Gasteiger partial charge in [-0.1, -0.05) is 66.7 Å². The summed E-state index contributed by atoms with van der Waals surface area (Å²) in [7, 11) is 2.99. The Labute approximate surface area is 296 Å². The van der Waals surface area contributed by atoms with Gasteiger partial charge in [-0.2, -0.15) is 13.2 Å². The van der Waals surface area contributed by atoms with Crippen molar-refractivity contribution in [3.05, 3.63) is 155 Å². The van der Waals surface area contributed by atoms with Crippen LogP contribution in [-0.2, 0) is 15.8 Å². The molecule has 0 radical (unpaired) electrons. The van der Waals surface area contributed by atoms with Crippen molar-refractivity contribution in [2.24, 2.45) is 0 Å². The molecule has 1 unspecified atom stereocenters. The Morgan fingerprint density at radius 2 is 1.35 bits per heavy atom. The highest BCUT2D eigenvalue weighted by atomic mass is 32.2. The maximum absolute atomic E-state index is 13.6. The average Bonchev–Trinajstić information content (AvgIpc) is 3.14. The standard InChI is InChI=1S/C39H32F3N3O5S/c1-49-33-22-17-25(24-34(33)50-2)23-32(45-36(46)27-13-7-4-8-14-27)37(47)43-28-18-20-29(21-19-28)51-35(26-11-5-3-6-12-26)38(48)44-31-16-10-9-15-30(31)39(40,41)42/h3-24,35H,1-2H3,(H,43,47)(H,44,48)(H,45,46)/b32-23-. The molecule has 260 valence electrons. The van der Waals surface area contributed by atoms with E-state index < -0.39 is 34.7 Å². The third kappa shape index (κ3) is 9.58. The molecule has 3 N–H and O–H groups in total. The van der Waals surface area contributed by atoms with E-state index in [1.54, 1.807) is 103 Å². The third-order valence-corrected chi connectivity index (χ3v) is 8.71. The summed E-state index contributed by atoms with van der Waals surface area (Å²) in [6.07, 6.45) is -3.15. The van der Waals surface area contributed by atoms with Crippen LogP contribution in [0.5, 0.6) is 11.5 Å². The van der Waals surface area contributed by atoms with Crippen LogP contribution >= 0.6 is 11.8 Å². The Balaban J connectivity index is 1.36. The molecule has 0 saturated carbocycles. The number of rotatable bonds is 12. The van der Waals surface area contributed by atoms with Gasteiger partial charge in [0.15, 0.2) is 11.5 Å². The molecular weight excluding hydrogens is 680 g/mol. The zero-order valence-corrected chi connectivity index (χ0v) is 28.2. The molecule has 0 aliphatic heterocycles. The van der Waals surface area contributed by atoms with Gasteiger partial charge in [0.25, 0.3) is 11.8 Å². The molecule has 12 heteroatoms. The third-order valence-electron chi connectivity index (χ3n) is 7.44. The van der Waals surface area contributed by atoms with Gasteiger partial charge in [-0.05, 0) is 77.9 Å². The van der Waals surface area contributed by atoms with Crippen molar-refractivity contribution in [3.63, 3.8) is 0 Å². The highest BCUT2D eigenvalue weighted by molar-refractivity contribution is 8.00. The lowest BCUT2D eigenvalue weighted by Crippen LogP contribution is -2.30. The maximum atomic E-state index is 13.6. The molecule has 0 saturated heterocycles. The minimum absolute atomic E-state index is 0.0468. The Morgan fingerprint density at radius 1 is 0.725 bits per heavy atom. The number of amides is 3. The highest BCUT2D eigenvalue weighted by Gasteiger charge is 2.34. The van der Waals surface area contributed by atoms with E-state index in [0.717, 1.165) is 17.8 Å². The van der Waals surface area contributed by atoms with Crippen LogP contribution in [-0.4, -0.2) is 31.9 Å². The Bertz CT molecular complexity index is 2020. The Kier molecular flexibility index (Phi) is 11.8. The van der Waals surface area contributed by atoms with Crippen molar-refractivity contribution in [3.8, 4) is 11.5 Å². The van der Waals surface area contributed by atoms with Gasteiger partial charge >= 0.3 is 6.18 Å². The molecule has 0 fully saturated rings. The molecule has 5 aromatic carbocycles. The second kappa shape index (κ2) is 16.6. The molecule has 0 heterocycles. The smallest absolute Gasteiger partial charge is 0.418 e. The first kappa shape index (κ1) is 36.3. The van der Waals surface area contributed by atoms with Gasteiger partial charge in [-0.3, -0.25) is 14.4 Å².